The number of aromatic nitrogens is 1. The highest BCUT2D eigenvalue weighted by Gasteiger charge is 2.17. The van der Waals surface area contributed by atoms with Gasteiger partial charge in [0.15, 0.2) is 0 Å². The van der Waals surface area contributed by atoms with Gasteiger partial charge in [-0.15, -0.1) is 0 Å². The van der Waals surface area contributed by atoms with Gasteiger partial charge < -0.3 is 9.47 Å². The maximum atomic E-state index is 11.2. The summed E-state index contributed by atoms with van der Waals surface area (Å²) in [6.45, 7) is 0. The Labute approximate surface area is 84.0 Å². The van der Waals surface area contributed by atoms with Crippen LogP contribution in [0.5, 0.6) is 5.88 Å². The minimum atomic E-state index is -0.475. The molecular weight excluding hydrogens is 238 g/mol. The number of pyridine rings is 1. The molecule has 0 aliphatic carbocycles. The van der Waals surface area contributed by atoms with Gasteiger partial charge in [-0.25, -0.2) is 9.78 Å². The van der Waals surface area contributed by atoms with E-state index in [4.69, 9.17) is 4.74 Å². The topological polar surface area (TPSA) is 48.4 Å². The maximum Gasteiger partial charge on any atom is 0.344 e. The van der Waals surface area contributed by atoms with Crippen molar-refractivity contribution in [2.45, 2.75) is 0 Å². The second kappa shape index (κ2) is 4.23. The second-order valence-electron chi connectivity index (χ2n) is 2.17. The molecule has 70 valence electrons. The number of carbonyl (C=O) groups excluding carboxylic acids is 1. The van der Waals surface area contributed by atoms with Crippen LogP contribution in [0, 0.1) is 0 Å². The molecule has 0 unspecified atom stereocenters. The van der Waals surface area contributed by atoms with E-state index >= 15 is 0 Å². The average molecular weight is 246 g/mol. The molecule has 1 heterocycles. The van der Waals surface area contributed by atoms with Crippen LogP contribution in [-0.2, 0) is 4.74 Å². The Kier molecular flexibility index (Phi) is 3.25. The van der Waals surface area contributed by atoms with Gasteiger partial charge >= 0.3 is 5.97 Å². The predicted octanol–water partition coefficient (Wildman–Crippen LogP) is 1.64. The number of rotatable bonds is 2. The summed E-state index contributed by atoms with van der Waals surface area (Å²) in [4.78, 5) is 15.1. The molecule has 0 radical (unpaired) electrons. The molecule has 0 bridgehead atoms. The lowest BCUT2D eigenvalue weighted by Gasteiger charge is -2.06. The molecule has 4 nitrogen and oxygen atoms in total. The van der Waals surface area contributed by atoms with Crippen molar-refractivity contribution in [3.63, 3.8) is 0 Å². The van der Waals surface area contributed by atoms with Crippen LogP contribution in [0.15, 0.2) is 16.7 Å². The van der Waals surface area contributed by atoms with Gasteiger partial charge in [-0.1, -0.05) is 0 Å². The van der Waals surface area contributed by atoms with E-state index in [0.29, 0.717) is 10.0 Å². The largest absolute Gasteiger partial charge is 0.480 e. The number of nitrogens with zero attached hydrogens (tertiary/aromatic N) is 1. The third kappa shape index (κ3) is 1.98. The molecule has 0 amide bonds. The molecule has 0 spiro atoms. The molecule has 1 rings (SSSR count). The number of carbonyl (C=O) groups is 1. The van der Waals surface area contributed by atoms with Crippen molar-refractivity contribution in [3.8, 4) is 5.88 Å². The van der Waals surface area contributed by atoms with Crippen LogP contribution in [-0.4, -0.2) is 25.2 Å². The third-order valence-corrected chi connectivity index (χ3v) is 2.11. The predicted molar refractivity (Wildman–Crippen MR) is 49.8 cm³/mol. The molecular formula is C8H8BrNO3. The number of methoxy groups -OCH3 is 2. The summed E-state index contributed by atoms with van der Waals surface area (Å²) in [6.07, 6.45) is 1.54. The summed E-state index contributed by atoms with van der Waals surface area (Å²) in [5.41, 5.74) is 0.299. The van der Waals surface area contributed by atoms with Crippen LogP contribution in [0.2, 0.25) is 0 Å². The van der Waals surface area contributed by atoms with Crippen molar-refractivity contribution >= 4 is 21.9 Å². The first-order valence-electron chi connectivity index (χ1n) is 3.47. The number of esters is 1. The van der Waals surface area contributed by atoms with Crippen molar-refractivity contribution in [2.75, 3.05) is 14.2 Å². The molecule has 0 N–H and O–H groups in total. The van der Waals surface area contributed by atoms with Crippen molar-refractivity contribution in [1.82, 2.24) is 4.98 Å². The van der Waals surface area contributed by atoms with Gasteiger partial charge in [0.25, 0.3) is 0 Å². The summed E-state index contributed by atoms with van der Waals surface area (Å²) in [6, 6.07) is 1.65. The van der Waals surface area contributed by atoms with Crippen molar-refractivity contribution in [1.29, 1.82) is 0 Å². The monoisotopic (exact) mass is 245 g/mol. The molecule has 5 heteroatoms. The Morgan fingerprint density at radius 3 is 2.77 bits per heavy atom. The van der Waals surface area contributed by atoms with Gasteiger partial charge in [0.2, 0.25) is 5.88 Å². The number of ether oxygens (including phenoxy) is 2. The lowest BCUT2D eigenvalue weighted by molar-refractivity contribution is 0.0595. The standard InChI is InChI=1S/C8H8BrNO3/c1-12-7-6(8(11)13-2)5(9)3-4-10-7/h3-4H,1-2H3. The molecule has 0 aromatic carbocycles. The lowest BCUT2D eigenvalue weighted by Crippen LogP contribution is -2.06. The summed E-state index contributed by atoms with van der Waals surface area (Å²) in [5, 5.41) is 0. The third-order valence-electron chi connectivity index (χ3n) is 1.45. The Bertz CT molecular complexity index is 327. The summed E-state index contributed by atoms with van der Waals surface area (Å²) in [5.74, 6) is -0.224. The fourth-order valence-corrected chi connectivity index (χ4v) is 1.31. The van der Waals surface area contributed by atoms with Crippen LogP contribution >= 0.6 is 15.9 Å². The first kappa shape index (κ1) is 9.98. The van der Waals surface area contributed by atoms with Crippen LogP contribution in [0.25, 0.3) is 0 Å². The normalized spacial score (nSPS) is 9.46. The summed E-state index contributed by atoms with van der Waals surface area (Å²) in [7, 11) is 2.75. The smallest absolute Gasteiger partial charge is 0.344 e. The zero-order chi connectivity index (χ0) is 9.84. The van der Waals surface area contributed by atoms with Gasteiger partial charge in [0.1, 0.15) is 5.56 Å². The van der Waals surface area contributed by atoms with Crippen LogP contribution in [0.1, 0.15) is 10.4 Å². The van der Waals surface area contributed by atoms with E-state index < -0.39 is 5.97 Å². The first-order valence-corrected chi connectivity index (χ1v) is 4.26. The van der Waals surface area contributed by atoms with Crippen molar-refractivity contribution in [2.24, 2.45) is 0 Å². The SMILES string of the molecule is COC(=O)c1c(Br)ccnc1OC. The molecule has 0 saturated heterocycles. The molecule has 1 aromatic heterocycles. The van der Waals surface area contributed by atoms with Gasteiger partial charge in [0, 0.05) is 10.7 Å². The van der Waals surface area contributed by atoms with Gasteiger partial charge in [0.05, 0.1) is 14.2 Å². The molecule has 1 aromatic rings. The van der Waals surface area contributed by atoms with E-state index in [1.807, 2.05) is 0 Å². The zero-order valence-electron chi connectivity index (χ0n) is 7.20. The van der Waals surface area contributed by atoms with E-state index in [9.17, 15) is 4.79 Å². The number of hydrogen-bond donors (Lipinski definition) is 0. The fourth-order valence-electron chi connectivity index (χ4n) is 0.862. The Morgan fingerprint density at radius 2 is 2.23 bits per heavy atom. The quantitative estimate of drug-likeness (QED) is 0.744. The van der Waals surface area contributed by atoms with Crippen LogP contribution in [0.4, 0.5) is 0 Å². The fraction of sp³-hybridized carbons (Fsp3) is 0.250. The summed E-state index contributed by atoms with van der Waals surface area (Å²) >= 11 is 3.21. The Hall–Kier alpha value is -1.10. The molecule has 0 atom stereocenters. The average Bonchev–Trinajstić information content (AvgIpc) is 2.16. The van der Waals surface area contributed by atoms with Crippen LogP contribution < -0.4 is 4.74 Å². The Balaban J connectivity index is 3.22. The summed E-state index contributed by atoms with van der Waals surface area (Å²) < 4.78 is 10.1. The number of halogens is 1. The molecule has 0 aliphatic heterocycles. The van der Waals surface area contributed by atoms with Gasteiger partial charge in [-0.3, -0.25) is 0 Å². The van der Waals surface area contributed by atoms with E-state index in [1.165, 1.54) is 20.4 Å². The molecule has 0 fully saturated rings. The van der Waals surface area contributed by atoms with E-state index in [1.54, 1.807) is 6.07 Å². The van der Waals surface area contributed by atoms with E-state index in [2.05, 4.69) is 25.7 Å². The second-order valence-corrected chi connectivity index (χ2v) is 3.02. The highest BCUT2D eigenvalue weighted by molar-refractivity contribution is 9.10. The highest BCUT2D eigenvalue weighted by Crippen LogP contribution is 2.24. The van der Waals surface area contributed by atoms with Crippen molar-refractivity contribution in [3.05, 3.63) is 22.3 Å². The van der Waals surface area contributed by atoms with Crippen molar-refractivity contribution < 1.29 is 14.3 Å². The molecule has 0 aliphatic rings. The molecule has 0 saturated carbocycles. The van der Waals surface area contributed by atoms with Gasteiger partial charge in [-0.2, -0.15) is 0 Å². The van der Waals surface area contributed by atoms with Gasteiger partial charge in [-0.05, 0) is 22.0 Å². The minimum absolute atomic E-state index is 0.251. The molecule has 13 heavy (non-hydrogen) atoms. The minimum Gasteiger partial charge on any atom is -0.480 e. The maximum absolute atomic E-state index is 11.2. The Morgan fingerprint density at radius 1 is 1.54 bits per heavy atom. The lowest BCUT2D eigenvalue weighted by atomic mass is 10.3. The number of hydrogen-bond acceptors (Lipinski definition) is 4. The first-order chi connectivity index (χ1) is 6.20. The highest BCUT2D eigenvalue weighted by atomic mass is 79.9. The van der Waals surface area contributed by atoms with E-state index in [-0.39, 0.29) is 5.88 Å². The zero-order valence-corrected chi connectivity index (χ0v) is 8.79. The van der Waals surface area contributed by atoms with E-state index in [0.717, 1.165) is 0 Å². The van der Waals surface area contributed by atoms with Crippen LogP contribution in [0.3, 0.4) is 0 Å².